The van der Waals surface area contributed by atoms with E-state index in [2.05, 4.69) is 20.3 Å². The number of hydrogen-bond acceptors (Lipinski definition) is 4. The number of amides is 1. The van der Waals surface area contributed by atoms with E-state index in [0.717, 1.165) is 6.07 Å². The Kier molecular flexibility index (Phi) is 3.71. The molecule has 26 heavy (non-hydrogen) atoms. The van der Waals surface area contributed by atoms with Crippen LogP contribution in [0.4, 0.5) is 19.0 Å². The van der Waals surface area contributed by atoms with Crippen LogP contribution >= 0.6 is 0 Å². The molecule has 0 fully saturated rings. The predicted molar refractivity (Wildman–Crippen MR) is 87.4 cm³/mol. The summed E-state index contributed by atoms with van der Waals surface area (Å²) < 4.78 is 41.7. The van der Waals surface area contributed by atoms with Crippen LogP contribution in [0.5, 0.6) is 0 Å². The van der Waals surface area contributed by atoms with Gasteiger partial charge in [0.2, 0.25) is 5.62 Å². The Labute approximate surface area is 145 Å². The maximum absolute atomic E-state index is 13.4. The molecule has 4 rings (SSSR count). The van der Waals surface area contributed by atoms with Crippen LogP contribution in [0.15, 0.2) is 47.7 Å². The Balaban J connectivity index is 1.99. The number of fused-ring (bicyclic) bond motifs is 3. The first-order valence-electron chi connectivity index (χ1n) is 7.79. The molecule has 0 bridgehead atoms. The molecule has 6 nitrogen and oxygen atoms in total. The number of pyridine rings is 1. The van der Waals surface area contributed by atoms with Crippen LogP contribution in [-0.4, -0.2) is 27.0 Å². The molecule has 9 heteroatoms. The van der Waals surface area contributed by atoms with Crippen molar-refractivity contribution >= 4 is 22.6 Å². The van der Waals surface area contributed by atoms with Crippen molar-refractivity contribution in [2.24, 2.45) is 4.99 Å². The number of nitrogens with one attached hydrogen (secondary N) is 1. The highest BCUT2D eigenvalue weighted by atomic mass is 19.4. The molecule has 132 valence electrons. The van der Waals surface area contributed by atoms with Gasteiger partial charge in [0.05, 0.1) is 16.6 Å². The Morgan fingerprint density at radius 2 is 2.08 bits per heavy atom. The molecule has 1 amide bonds. The summed E-state index contributed by atoms with van der Waals surface area (Å²) in [5, 5.41) is 3.39. The first kappa shape index (κ1) is 16.2. The maximum Gasteiger partial charge on any atom is 0.418 e. The van der Waals surface area contributed by atoms with Gasteiger partial charge in [0.15, 0.2) is 0 Å². The van der Waals surface area contributed by atoms with E-state index in [4.69, 9.17) is 0 Å². The van der Waals surface area contributed by atoms with Crippen molar-refractivity contribution < 1.29 is 18.0 Å². The number of carbonyl (C=O) groups is 1. The molecule has 1 aromatic carbocycles. The van der Waals surface area contributed by atoms with E-state index in [9.17, 15) is 18.0 Å². The number of para-hydroxylation sites is 1. The number of benzene rings is 1. The lowest BCUT2D eigenvalue weighted by Gasteiger charge is -2.13. The van der Waals surface area contributed by atoms with E-state index in [1.807, 2.05) is 0 Å². The van der Waals surface area contributed by atoms with Gasteiger partial charge in [0.25, 0.3) is 5.91 Å². The molecule has 0 unspecified atom stereocenters. The topological polar surface area (TPSA) is 72.2 Å². The fraction of sp³-hybridized carbons (Fsp3) is 0.176. The number of rotatable bonds is 1. The Morgan fingerprint density at radius 1 is 1.23 bits per heavy atom. The monoisotopic (exact) mass is 359 g/mol. The van der Waals surface area contributed by atoms with Crippen molar-refractivity contribution in [2.45, 2.75) is 12.7 Å². The van der Waals surface area contributed by atoms with Crippen molar-refractivity contribution in [2.75, 3.05) is 11.9 Å². The van der Waals surface area contributed by atoms with Crippen molar-refractivity contribution in [1.29, 1.82) is 0 Å². The molecule has 0 radical (unpaired) electrons. The second kappa shape index (κ2) is 5.94. The maximum atomic E-state index is 13.4. The molecule has 0 spiro atoms. The van der Waals surface area contributed by atoms with Crippen LogP contribution in [0.25, 0.3) is 10.9 Å². The standard InChI is InChI=1S/C17H12F3N5O/c18-17(19,20)12-5-1-4-11-13(12)23-16(25-8-7-22-14(11)25)24-15(26)10-3-2-6-21-9-10/h1-6,9,22H,7-8H2. The lowest BCUT2D eigenvalue weighted by atomic mass is 10.1. The Morgan fingerprint density at radius 3 is 2.81 bits per heavy atom. The Hall–Kier alpha value is -3.23. The Bertz CT molecular complexity index is 1070. The third-order valence-electron chi connectivity index (χ3n) is 4.06. The molecule has 1 aliphatic rings. The van der Waals surface area contributed by atoms with Crippen molar-refractivity contribution in [3.8, 4) is 0 Å². The van der Waals surface area contributed by atoms with E-state index in [0.29, 0.717) is 24.3 Å². The molecule has 0 aliphatic carbocycles. The summed E-state index contributed by atoms with van der Waals surface area (Å²) >= 11 is 0. The quantitative estimate of drug-likeness (QED) is 0.725. The van der Waals surface area contributed by atoms with Crippen LogP contribution in [0, 0.1) is 0 Å². The normalized spacial score (nSPS) is 14.3. The van der Waals surface area contributed by atoms with Gasteiger partial charge in [-0.1, -0.05) is 6.07 Å². The second-order valence-electron chi connectivity index (χ2n) is 5.70. The highest BCUT2D eigenvalue weighted by Gasteiger charge is 2.34. The van der Waals surface area contributed by atoms with Gasteiger partial charge < -0.3 is 5.32 Å². The highest BCUT2D eigenvalue weighted by Crippen LogP contribution is 2.35. The zero-order valence-electron chi connectivity index (χ0n) is 13.3. The molecule has 0 atom stereocenters. The van der Waals surface area contributed by atoms with Crippen molar-refractivity contribution in [3.05, 3.63) is 59.5 Å². The first-order valence-corrected chi connectivity index (χ1v) is 7.79. The van der Waals surface area contributed by atoms with Gasteiger partial charge >= 0.3 is 6.18 Å². The number of halogens is 3. The zero-order valence-corrected chi connectivity index (χ0v) is 13.3. The first-order chi connectivity index (χ1) is 12.4. The molecular formula is C17H12F3N5O. The predicted octanol–water partition coefficient (Wildman–Crippen LogP) is 2.62. The van der Waals surface area contributed by atoms with Crippen LogP contribution in [0.1, 0.15) is 15.9 Å². The van der Waals surface area contributed by atoms with Crippen LogP contribution in [0.2, 0.25) is 0 Å². The van der Waals surface area contributed by atoms with Gasteiger partial charge in [-0.15, -0.1) is 0 Å². The molecule has 3 aromatic rings. The molecule has 0 saturated carbocycles. The number of nitrogens with zero attached hydrogens (tertiary/aromatic N) is 4. The number of carbonyl (C=O) groups excluding carboxylic acids is 1. The van der Waals surface area contributed by atoms with E-state index in [-0.39, 0.29) is 16.7 Å². The van der Waals surface area contributed by atoms with Gasteiger partial charge in [-0.25, -0.2) is 4.98 Å². The minimum Gasteiger partial charge on any atom is -0.369 e. The summed E-state index contributed by atoms with van der Waals surface area (Å²) in [5.41, 5.74) is -0.933. The number of anilines is 1. The number of hydrogen-bond donors (Lipinski definition) is 1. The molecule has 1 N–H and O–H groups in total. The molecule has 3 heterocycles. The third kappa shape index (κ3) is 2.71. The highest BCUT2D eigenvalue weighted by molar-refractivity contribution is 5.95. The average Bonchev–Trinajstić information content (AvgIpc) is 3.11. The van der Waals surface area contributed by atoms with Gasteiger partial charge in [0, 0.05) is 30.9 Å². The summed E-state index contributed by atoms with van der Waals surface area (Å²) in [6.45, 7) is 0.967. The van der Waals surface area contributed by atoms with Gasteiger partial charge in [-0.2, -0.15) is 18.2 Å². The zero-order chi connectivity index (χ0) is 18.3. The van der Waals surface area contributed by atoms with Crippen molar-refractivity contribution in [3.63, 3.8) is 0 Å². The average molecular weight is 359 g/mol. The SMILES string of the molecule is O=C(N=c1nc2c(C(F)(F)F)cccc2c2n1CCN2)c1cccnc1. The third-order valence-corrected chi connectivity index (χ3v) is 4.06. The minimum absolute atomic E-state index is 0.0666. The van der Waals surface area contributed by atoms with Gasteiger partial charge in [-0.3, -0.25) is 14.3 Å². The summed E-state index contributed by atoms with van der Waals surface area (Å²) in [5.74, 6) is -0.144. The lowest BCUT2D eigenvalue weighted by molar-refractivity contribution is -0.136. The van der Waals surface area contributed by atoms with Crippen LogP contribution < -0.4 is 10.9 Å². The fourth-order valence-corrected chi connectivity index (χ4v) is 2.91. The molecular weight excluding hydrogens is 347 g/mol. The largest absolute Gasteiger partial charge is 0.418 e. The van der Waals surface area contributed by atoms with E-state index < -0.39 is 17.6 Å². The van der Waals surface area contributed by atoms with E-state index in [1.54, 1.807) is 16.7 Å². The van der Waals surface area contributed by atoms with E-state index in [1.165, 1.54) is 24.5 Å². The molecule has 1 aliphatic heterocycles. The summed E-state index contributed by atoms with van der Waals surface area (Å²) in [7, 11) is 0. The fourth-order valence-electron chi connectivity index (χ4n) is 2.91. The lowest BCUT2D eigenvalue weighted by Crippen LogP contribution is -2.25. The second-order valence-corrected chi connectivity index (χ2v) is 5.70. The van der Waals surface area contributed by atoms with Crippen LogP contribution in [-0.2, 0) is 12.7 Å². The number of alkyl halides is 3. The number of aromatic nitrogens is 3. The summed E-state index contributed by atoms with van der Waals surface area (Å²) in [4.78, 5) is 24.2. The van der Waals surface area contributed by atoms with Gasteiger partial charge in [-0.05, 0) is 24.3 Å². The van der Waals surface area contributed by atoms with Gasteiger partial charge in [0.1, 0.15) is 5.82 Å². The smallest absolute Gasteiger partial charge is 0.369 e. The minimum atomic E-state index is -4.56. The molecule has 0 saturated heterocycles. The molecule has 2 aromatic heterocycles. The van der Waals surface area contributed by atoms with E-state index >= 15 is 0 Å². The van der Waals surface area contributed by atoms with Crippen molar-refractivity contribution in [1.82, 2.24) is 14.5 Å². The summed E-state index contributed by atoms with van der Waals surface area (Å²) in [6, 6.07) is 6.98. The summed E-state index contributed by atoms with van der Waals surface area (Å²) in [6.07, 6.45) is -1.71. The van der Waals surface area contributed by atoms with Crippen LogP contribution in [0.3, 0.4) is 0 Å².